The van der Waals surface area contributed by atoms with Crippen molar-refractivity contribution in [1.82, 2.24) is 0 Å². The van der Waals surface area contributed by atoms with Gasteiger partial charge < -0.3 is 4.74 Å². The van der Waals surface area contributed by atoms with Crippen LogP contribution in [0, 0.1) is 13.8 Å². The lowest BCUT2D eigenvalue weighted by Gasteiger charge is -2.19. The number of ether oxygens (including phenoxy) is 1. The summed E-state index contributed by atoms with van der Waals surface area (Å²) in [5, 5.41) is 0. The Kier molecular flexibility index (Phi) is 4.48. The van der Waals surface area contributed by atoms with Crippen molar-refractivity contribution < 1.29 is 9.53 Å². The number of carbonyl (C=O) groups excluding carboxylic acids is 1. The smallest absolute Gasteiger partial charge is 0.338 e. The number of carbonyl (C=O) groups is 1. The maximum atomic E-state index is 12.4. The van der Waals surface area contributed by atoms with Gasteiger partial charge in [-0.05, 0) is 47.7 Å². The van der Waals surface area contributed by atoms with Gasteiger partial charge in [0.25, 0.3) is 0 Å². The third-order valence-electron chi connectivity index (χ3n) is 4.38. The second-order valence-electron chi connectivity index (χ2n) is 5.84. The maximum absolute atomic E-state index is 12.4. The molecule has 0 saturated heterocycles. The number of hydrogen-bond donors (Lipinski definition) is 0. The van der Waals surface area contributed by atoms with E-state index in [1.54, 1.807) is 0 Å². The van der Waals surface area contributed by atoms with Crippen LogP contribution in [0.15, 0.2) is 66.7 Å². The Balaban J connectivity index is 2.42. The standard InChI is InChI=1S/C22H20O2/c1-15-14-19(22(23)24-3)21(18-12-8-5-9-13-18)20(16(15)2)17-10-6-4-7-11-17/h4-14H,1-3H3. The van der Waals surface area contributed by atoms with E-state index in [2.05, 4.69) is 19.1 Å². The predicted molar refractivity (Wildman–Crippen MR) is 98.1 cm³/mol. The Morgan fingerprint density at radius 1 is 0.792 bits per heavy atom. The highest BCUT2D eigenvalue weighted by molar-refractivity contribution is 6.03. The molecule has 0 heterocycles. The summed E-state index contributed by atoms with van der Waals surface area (Å²) < 4.78 is 5.05. The van der Waals surface area contributed by atoms with E-state index in [1.807, 2.05) is 61.5 Å². The van der Waals surface area contributed by atoms with Crippen LogP contribution in [0.5, 0.6) is 0 Å². The van der Waals surface area contributed by atoms with Crippen molar-refractivity contribution in [2.75, 3.05) is 7.11 Å². The molecule has 2 heteroatoms. The maximum Gasteiger partial charge on any atom is 0.338 e. The van der Waals surface area contributed by atoms with E-state index in [0.717, 1.165) is 27.8 Å². The van der Waals surface area contributed by atoms with Gasteiger partial charge in [-0.25, -0.2) is 4.79 Å². The molecule has 120 valence electrons. The lowest BCUT2D eigenvalue weighted by molar-refractivity contribution is 0.0601. The fourth-order valence-electron chi connectivity index (χ4n) is 3.06. The number of rotatable bonds is 3. The third kappa shape index (κ3) is 2.83. The van der Waals surface area contributed by atoms with Gasteiger partial charge in [0.05, 0.1) is 12.7 Å². The van der Waals surface area contributed by atoms with Gasteiger partial charge >= 0.3 is 5.97 Å². The van der Waals surface area contributed by atoms with Gasteiger partial charge in [0.1, 0.15) is 0 Å². The lowest BCUT2D eigenvalue weighted by Crippen LogP contribution is -2.07. The molecule has 0 atom stereocenters. The van der Waals surface area contributed by atoms with Crippen molar-refractivity contribution in [2.45, 2.75) is 13.8 Å². The summed E-state index contributed by atoms with van der Waals surface area (Å²) in [5.41, 5.74) is 6.98. The van der Waals surface area contributed by atoms with E-state index in [-0.39, 0.29) is 5.97 Å². The molecular weight excluding hydrogens is 296 g/mol. The molecule has 2 nitrogen and oxygen atoms in total. The molecule has 0 unspecified atom stereocenters. The molecule has 0 fully saturated rings. The first kappa shape index (κ1) is 16.0. The molecule has 0 amide bonds. The summed E-state index contributed by atoms with van der Waals surface area (Å²) in [6, 6.07) is 22.1. The lowest BCUT2D eigenvalue weighted by atomic mass is 9.85. The van der Waals surface area contributed by atoms with Gasteiger partial charge in [-0.1, -0.05) is 60.7 Å². The third-order valence-corrected chi connectivity index (χ3v) is 4.38. The number of aryl methyl sites for hydroxylation is 1. The molecule has 3 rings (SSSR count). The minimum atomic E-state index is -0.311. The fraction of sp³-hybridized carbons (Fsp3) is 0.136. The van der Waals surface area contributed by atoms with Crippen LogP contribution in [-0.2, 0) is 4.74 Å². The van der Waals surface area contributed by atoms with Crippen LogP contribution < -0.4 is 0 Å². The number of benzene rings is 3. The van der Waals surface area contributed by atoms with Crippen molar-refractivity contribution in [3.63, 3.8) is 0 Å². The van der Waals surface area contributed by atoms with Crippen molar-refractivity contribution in [2.24, 2.45) is 0 Å². The molecule has 0 spiro atoms. The molecule has 0 N–H and O–H groups in total. The van der Waals surface area contributed by atoms with E-state index in [0.29, 0.717) is 5.56 Å². The Morgan fingerprint density at radius 3 is 1.79 bits per heavy atom. The highest BCUT2D eigenvalue weighted by Crippen LogP contribution is 2.39. The van der Waals surface area contributed by atoms with Gasteiger partial charge in [-0.3, -0.25) is 0 Å². The summed E-state index contributed by atoms with van der Waals surface area (Å²) >= 11 is 0. The molecule has 3 aromatic rings. The quantitative estimate of drug-likeness (QED) is 0.603. The summed E-state index contributed by atoms with van der Waals surface area (Å²) in [6.45, 7) is 4.13. The zero-order valence-electron chi connectivity index (χ0n) is 14.2. The van der Waals surface area contributed by atoms with Crippen molar-refractivity contribution in [3.8, 4) is 22.3 Å². The summed E-state index contributed by atoms with van der Waals surface area (Å²) in [7, 11) is 1.43. The van der Waals surface area contributed by atoms with Gasteiger partial charge in [0.15, 0.2) is 0 Å². The minimum Gasteiger partial charge on any atom is -0.465 e. The first-order valence-electron chi connectivity index (χ1n) is 7.97. The number of esters is 1. The Labute approximate surface area is 142 Å². The Bertz CT molecular complexity index is 865. The van der Waals surface area contributed by atoms with Gasteiger partial charge in [-0.2, -0.15) is 0 Å². The molecule has 24 heavy (non-hydrogen) atoms. The average Bonchev–Trinajstić information content (AvgIpc) is 2.64. The van der Waals surface area contributed by atoms with Gasteiger partial charge in [0, 0.05) is 5.56 Å². The summed E-state index contributed by atoms with van der Waals surface area (Å²) in [5.74, 6) is -0.311. The average molecular weight is 316 g/mol. The van der Waals surface area contributed by atoms with Crippen LogP contribution in [0.1, 0.15) is 21.5 Å². The van der Waals surface area contributed by atoms with E-state index < -0.39 is 0 Å². The normalized spacial score (nSPS) is 10.5. The van der Waals surface area contributed by atoms with Crippen LogP contribution in [0.3, 0.4) is 0 Å². The topological polar surface area (TPSA) is 26.3 Å². The van der Waals surface area contributed by atoms with E-state index >= 15 is 0 Å². The first-order chi connectivity index (χ1) is 11.6. The molecule has 0 saturated carbocycles. The zero-order valence-corrected chi connectivity index (χ0v) is 14.2. The largest absolute Gasteiger partial charge is 0.465 e. The van der Waals surface area contributed by atoms with Crippen LogP contribution in [0.4, 0.5) is 0 Å². The highest BCUT2D eigenvalue weighted by atomic mass is 16.5. The molecular formula is C22H20O2. The van der Waals surface area contributed by atoms with Crippen molar-refractivity contribution in [3.05, 3.63) is 83.4 Å². The summed E-state index contributed by atoms with van der Waals surface area (Å²) in [4.78, 5) is 12.4. The minimum absolute atomic E-state index is 0.311. The van der Waals surface area contributed by atoms with E-state index in [4.69, 9.17) is 4.74 Å². The Hall–Kier alpha value is -2.87. The second kappa shape index (κ2) is 6.71. The number of methoxy groups -OCH3 is 1. The predicted octanol–water partition coefficient (Wildman–Crippen LogP) is 5.42. The summed E-state index contributed by atoms with van der Waals surface area (Å²) in [6.07, 6.45) is 0. The first-order valence-corrected chi connectivity index (χ1v) is 7.97. The fourth-order valence-corrected chi connectivity index (χ4v) is 3.06. The molecule has 0 aliphatic rings. The molecule has 0 aromatic heterocycles. The van der Waals surface area contributed by atoms with Crippen LogP contribution in [0.25, 0.3) is 22.3 Å². The van der Waals surface area contributed by atoms with Gasteiger partial charge in [0.2, 0.25) is 0 Å². The molecule has 3 aromatic carbocycles. The van der Waals surface area contributed by atoms with Crippen LogP contribution in [0.2, 0.25) is 0 Å². The molecule has 0 aliphatic heterocycles. The van der Waals surface area contributed by atoms with Crippen molar-refractivity contribution >= 4 is 5.97 Å². The SMILES string of the molecule is COC(=O)c1cc(C)c(C)c(-c2ccccc2)c1-c1ccccc1. The van der Waals surface area contributed by atoms with Crippen LogP contribution >= 0.6 is 0 Å². The second-order valence-corrected chi connectivity index (χ2v) is 5.84. The Morgan fingerprint density at radius 2 is 1.29 bits per heavy atom. The van der Waals surface area contributed by atoms with E-state index in [9.17, 15) is 4.79 Å². The zero-order chi connectivity index (χ0) is 17.1. The van der Waals surface area contributed by atoms with Gasteiger partial charge in [-0.15, -0.1) is 0 Å². The molecule has 0 aliphatic carbocycles. The molecule has 0 radical (unpaired) electrons. The van der Waals surface area contributed by atoms with Crippen LogP contribution in [-0.4, -0.2) is 13.1 Å². The highest BCUT2D eigenvalue weighted by Gasteiger charge is 2.21. The monoisotopic (exact) mass is 316 g/mol. The molecule has 0 bridgehead atoms. The number of hydrogen-bond acceptors (Lipinski definition) is 2. The van der Waals surface area contributed by atoms with Crippen molar-refractivity contribution in [1.29, 1.82) is 0 Å². The van der Waals surface area contributed by atoms with E-state index in [1.165, 1.54) is 12.7 Å².